The molecule has 0 aliphatic rings. The van der Waals surface area contributed by atoms with Crippen molar-refractivity contribution in [1.29, 1.82) is 0 Å². The van der Waals surface area contributed by atoms with Crippen LogP contribution in [0.4, 0.5) is 5.82 Å². The Morgan fingerprint density at radius 3 is 2.60 bits per heavy atom. The average Bonchev–Trinajstić information content (AvgIpc) is 2.46. The molecule has 1 heterocycles. The normalized spacial score (nSPS) is 10.8. The van der Waals surface area contributed by atoms with Gasteiger partial charge in [-0.25, -0.2) is 9.97 Å². The Balaban J connectivity index is 2.17. The van der Waals surface area contributed by atoms with E-state index in [4.69, 9.17) is 0 Å². The van der Waals surface area contributed by atoms with Crippen molar-refractivity contribution < 1.29 is 0 Å². The number of thioether (sulfide) groups is 1. The Hall–Kier alpha value is -1.55. The average molecular weight is 287 g/mol. The molecule has 0 spiro atoms. The number of aromatic nitrogens is 2. The van der Waals surface area contributed by atoms with Crippen LogP contribution in [0.3, 0.4) is 0 Å². The summed E-state index contributed by atoms with van der Waals surface area (Å²) in [4.78, 5) is 9.13. The van der Waals surface area contributed by atoms with Crippen molar-refractivity contribution in [3.8, 4) is 0 Å². The van der Waals surface area contributed by atoms with E-state index >= 15 is 0 Å². The second-order valence-corrected chi connectivity index (χ2v) is 6.07. The lowest BCUT2D eigenvalue weighted by atomic mass is 10.1. The Bertz CT molecular complexity index is 582. The van der Waals surface area contributed by atoms with E-state index in [-0.39, 0.29) is 0 Å². The van der Waals surface area contributed by atoms with Gasteiger partial charge in [0, 0.05) is 24.8 Å². The van der Waals surface area contributed by atoms with E-state index in [2.05, 4.69) is 60.3 Å². The molecule has 0 saturated carbocycles. The molecule has 3 nitrogen and oxygen atoms in total. The van der Waals surface area contributed by atoms with Crippen molar-refractivity contribution in [2.45, 2.75) is 37.5 Å². The van der Waals surface area contributed by atoms with Crippen molar-refractivity contribution in [3.63, 3.8) is 0 Å². The first-order valence-corrected chi connectivity index (χ1v) is 7.82. The van der Waals surface area contributed by atoms with Gasteiger partial charge in [-0.15, -0.1) is 11.8 Å². The van der Waals surface area contributed by atoms with E-state index in [1.165, 1.54) is 11.1 Å². The Morgan fingerprint density at radius 1 is 1.20 bits per heavy atom. The number of nitrogens with zero attached hydrogens (tertiary/aromatic N) is 2. The van der Waals surface area contributed by atoms with Crippen LogP contribution in [0.5, 0.6) is 0 Å². The molecule has 2 rings (SSSR count). The highest BCUT2D eigenvalue weighted by molar-refractivity contribution is 7.98. The van der Waals surface area contributed by atoms with Crippen LogP contribution >= 0.6 is 11.8 Å². The van der Waals surface area contributed by atoms with Gasteiger partial charge in [0.2, 0.25) is 0 Å². The summed E-state index contributed by atoms with van der Waals surface area (Å²) in [7, 11) is 1.89. The summed E-state index contributed by atoms with van der Waals surface area (Å²) < 4.78 is 0. The highest BCUT2D eigenvalue weighted by atomic mass is 32.2. The van der Waals surface area contributed by atoms with Crippen molar-refractivity contribution in [1.82, 2.24) is 9.97 Å². The van der Waals surface area contributed by atoms with Gasteiger partial charge < -0.3 is 5.32 Å². The predicted molar refractivity (Wildman–Crippen MR) is 86.4 cm³/mol. The standard InChI is InChI=1S/C16H21N3S/c1-11(2)16-18-14(17-4)9-15(19-16)20-10-13-8-6-5-7-12(13)3/h5-9,11H,10H2,1-4H3,(H,17,18,19). The van der Waals surface area contributed by atoms with E-state index in [1.807, 2.05) is 13.1 Å². The van der Waals surface area contributed by atoms with Crippen LogP contribution in [0.1, 0.15) is 36.7 Å². The van der Waals surface area contributed by atoms with Crippen LogP contribution in [0.25, 0.3) is 0 Å². The van der Waals surface area contributed by atoms with E-state index in [9.17, 15) is 0 Å². The molecule has 0 atom stereocenters. The first-order valence-electron chi connectivity index (χ1n) is 6.84. The molecule has 0 saturated heterocycles. The summed E-state index contributed by atoms with van der Waals surface area (Å²) in [6.45, 7) is 6.38. The first kappa shape index (κ1) is 14.9. The third-order valence-corrected chi connectivity index (χ3v) is 4.09. The number of benzene rings is 1. The lowest BCUT2D eigenvalue weighted by Crippen LogP contribution is -2.03. The van der Waals surface area contributed by atoms with E-state index < -0.39 is 0 Å². The largest absolute Gasteiger partial charge is 0.373 e. The van der Waals surface area contributed by atoms with Gasteiger partial charge in [-0.05, 0) is 18.1 Å². The zero-order valence-electron chi connectivity index (χ0n) is 12.5. The SMILES string of the molecule is CNc1cc(SCc2ccccc2C)nc(C(C)C)n1. The van der Waals surface area contributed by atoms with E-state index in [1.54, 1.807) is 11.8 Å². The molecule has 0 fully saturated rings. The zero-order valence-corrected chi connectivity index (χ0v) is 13.3. The van der Waals surface area contributed by atoms with Crippen LogP contribution in [0.2, 0.25) is 0 Å². The smallest absolute Gasteiger partial charge is 0.134 e. The Labute approximate surface area is 125 Å². The zero-order chi connectivity index (χ0) is 14.5. The fourth-order valence-corrected chi connectivity index (χ4v) is 2.81. The maximum atomic E-state index is 4.64. The molecule has 106 valence electrons. The topological polar surface area (TPSA) is 37.8 Å². The van der Waals surface area contributed by atoms with Crippen LogP contribution in [0.15, 0.2) is 35.4 Å². The first-order chi connectivity index (χ1) is 9.60. The molecular formula is C16H21N3S. The van der Waals surface area contributed by atoms with Gasteiger partial charge in [0.25, 0.3) is 0 Å². The summed E-state index contributed by atoms with van der Waals surface area (Å²) in [6, 6.07) is 10.5. The molecule has 0 aliphatic carbocycles. The molecule has 0 aliphatic heterocycles. The number of aryl methyl sites for hydroxylation is 1. The molecule has 0 amide bonds. The van der Waals surface area contributed by atoms with E-state index in [0.29, 0.717) is 5.92 Å². The lowest BCUT2D eigenvalue weighted by molar-refractivity contribution is 0.755. The van der Waals surface area contributed by atoms with Crippen LogP contribution < -0.4 is 5.32 Å². The number of hydrogen-bond donors (Lipinski definition) is 1. The van der Waals surface area contributed by atoms with Crippen LogP contribution in [-0.4, -0.2) is 17.0 Å². The van der Waals surface area contributed by atoms with Crippen LogP contribution in [-0.2, 0) is 5.75 Å². The van der Waals surface area contributed by atoms with E-state index in [0.717, 1.165) is 22.4 Å². The second-order valence-electron chi connectivity index (χ2n) is 5.07. The molecular weight excluding hydrogens is 266 g/mol. The number of anilines is 1. The molecule has 1 aromatic carbocycles. The fraction of sp³-hybridized carbons (Fsp3) is 0.375. The molecule has 4 heteroatoms. The summed E-state index contributed by atoms with van der Waals surface area (Å²) in [6.07, 6.45) is 0. The number of nitrogens with one attached hydrogen (secondary N) is 1. The second kappa shape index (κ2) is 6.75. The summed E-state index contributed by atoms with van der Waals surface area (Å²) in [5.41, 5.74) is 2.68. The maximum Gasteiger partial charge on any atom is 0.134 e. The fourth-order valence-electron chi connectivity index (χ4n) is 1.83. The third kappa shape index (κ3) is 3.73. The van der Waals surface area contributed by atoms with Gasteiger partial charge in [0.1, 0.15) is 16.7 Å². The van der Waals surface area contributed by atoms with Crippen molar-refractivity contribution in [2.24, 2.45) is 0 Å². The maximum absolute atomic E-state index is 4.64. The molecule has 20 heavy (non-hydrogen) atoms. The van der Waals surface area contributed by atoms with Gasteiger partial charge in [-0.2, -0.15) is 0 Å². The van der Waals surface area contributed by atoms with Gasteiger partial charge in [-0.1, -0.05) is 38.1 Å². The Kier molecular flexibility index (Phi) is 5.01. The minimum atomic E-state index is 0.334. The quantitative estimate of drug-likeness (QED) is 0.659. The van der Waals surface area contributed by atoms with Crippen molar-refractivity contribution in [3.05, 3.63) is 47.3 Å². The summed E-state index contributed by atoms with van der Waals surface area (Å²) in [5, 5.41) is 4.13. The minimum Gasteiger partial charge on any atom is -0.373 e. The van der Waals surface area contributed by atoms with Crippen molar-refractivity contribution in [2.75, 3.05) is 12.4 Å². The molecule has 2 aromatic rings. The van der Waals surface area contributed by atoms with Crippen LogP contribution in [0, 0.1) is 6.92 Å². The van der Waals surface area contributed by atoms with Gasteiger partial charge >= 0.3 is 0 Å². The highest BCUT2D eigenvalue weighted by Crippen LogP contribution is 2.25. The predicted octanol–water partition coefficient (Wildman–Crippen LogP) is 4.24. The highest BCUT2D eigenvalue weighted by Gasteiger charge is 2.08. The number of hydrogen-bond acceptors (Lipinski definition) is 4. The molecule has 1 aromatic heterocycles. The third-order valence-electron chi connectivity index (χ3n) is 3.13. The molecule has 0 bridgehead atoms. The van der Waals surface area contributed by atoms with Crippen molar-refractivity contribution >= 4 is 17.6 Å². The monoisotopic (exact) mass is 287 g/mol. The lowest BCUT2D eigenvalue weighted by Gasteiger charge is -2.10. The molecule has 0 radical (unpaired) electrons. The summed E-state index contributed by atoms with van der Waals surface area (Å²) >= 11 is 1.76. The number of rotatable bonds is 5. The summed E-state index contributed by atoms with van der Waals surface area (Å²) in [5.74, 6) is 3.05. The van der Waals surface area contributed by atoms with Gasteiger partial charge in [0.15, 0.2) is 0 Å². The molecule has 0 unspecified atom stereocenters. The Morgan fingerprint density at radius 2 is 1.95 bits per heavy atom. The van der Waals surface area contributed by atoms with Gasteiger partial charge in [-0.3, -0.25) is 0 Å². The minimum absolute atomic E-state index is 0.334. The van der Waals surface area contributed by atoms with Gasteiger partial charge in [0.05, 0.1) is 0 Å². The molecule has 1 N–H and O–H groups in total.